The lowest BCUT2D eigenvalue weighted by Gasteiger charge is -2.25. The van der Waals surface area contributed by atoms with Gasteiger partial charge in [0.25, 0.3) is 0 Å². The van der Waals surface area contributed by atoms with Crippen LogP contribution in [-0.4, -0.2) is 20.6 Å². The molecular formula is C17H23FN4. The number of nitrogens with zero attached hydrogens (tertiary/aromatic N) is 3. The smallest absolute Gasteiger partial charge is 0.193 e. The number of hydrogen-bond acceptors (Lipinski definition) is 3. The highest BCUT2D eigenvalue weighted by atomic mass is 19.1. The Morgan fingerprint density at radius 1 is 1.23 bits per heavy atom. The van der Waals surface area contributed by atoms with Gasteiger partial charge in [0.2, 0.25) is 0 Å². The van der Waals surface area contributed by atoms with E-state index in [1.54, 1.807) is 4.52 Å². The first kappa shape index (κ1) is 14.0. The summed E-state index contributed by atoms with van der Waals surface area (Å²) in [7, 11) is 0. The number of rotatable bonds is 4. The normalized spacial score (nSPS) is 20.0. The molecule has 0 spiro atoms. The summed E-state index contributed by atoms with van der Waals surface area (Å²) in [6.45, 7) is 4.44. The van der Waals surface area contributed by atoms with Crippen molar-refractivity contribution in [1.82, 2.24) is 14.6 Å². The van der Waals surface area contributed by atoms with Gasteiger partial charge in [0.1, 0.15) is 5.82 Å². The Morgan fingerprint density at radius 2 is 1.95 bits per heavy atom. The second kappa shape index (κ2) is 4.93. The van der Waals surface area contributed by atoms with Gasteiger partial charge in [-0.25, -0.2) is 9.37 Å². The summed E-state index contributed by atoms with van der Waals surface area (Å²) < 4.78 is 15.7. The van der Waals surface area contributed by atoms with Crippen LogP contribution >= 0.6 is 0 Å². The Hall–Kier alpha value is -1.65. The summed E-state index contributed by atoms with van der Waals surface area (Å²) in [5.41, 5.74) is 1.30. The predicted molar refractivity (Wildman–Crippen MR) is 84.6 cm³/mol. The Balaban J connectivity index is 1.79. The number of aromatic nitrogens is 3. The van der Waals surface area contributed by atoms with Gasteiger partial charge in [-0.3, -0.25) is 0 Å². The number of halogens is 1. The Labute approximate surface area is 130 Å². The minimum Gasteiger partial charge on any atom is -0.367 e. The molecule has 0 atom stereocenters. The SMILES string of the molecule is CC(C)(c1cc(NC2CCCC2)n2ncc(F)c2n1)C1CC1. The molecule has 1 N–H and O–H groups in total. The van der Waals surface area contributed by atoms with Crippen LogP contribution in [0.25, 0.3) is 5.65 Å². The molecule has 0 saturated heterocycles. The van der Waals surface area contributed by atoms with E-state index in [9.17, 15) is 4.39 Å². The van der Waals surface area contributed by atoms with Crippen LogP contribution in [-0.2, 0) is 5.41 Å². The highest BCUT2D eigenvalue weighted by Gasteiger charge is 2.40. The molecule has 2 aliphatic rings. The second-order valence-corrected chi connectivity index (χ2v) is 7.38. The Bertz CT molecular complexity index is 696. The molecule has 0 aromatic carbocycles. The molecule has 0 aliphatic heterocycles. The number of hydrogen-bond donors (Lipinski definition) is 1. The molecule has 2 saturated carbocycles. The molecule has 22 heavy (non-hydrogen) atoms. The first-order valence-corrected chi connectivity index (χ1v) is 8.37. The van der Waals surface area contributed by atoms with Crippen molar-refractivity contribution >= 4 is 11.5 Å². The van der Waals surface area contributed by atoms with E-state index in [0.717, 1.165) is 11.5 Å². The molecule has 2 aromatic rings. The van der Waals surface area contributed by atoms with E-state index < -0.39 is 0 Å². The topological polar surface area (TPSA) is 42.2 Å². The molecule has 0 unspecified atom stereocenters. The first-order valence-electron chi connectivity index (χ1n) is 8.37. The highest BCUT2D eigenvalue weighted by Crippen LogP contribution is 2.46. The third kappa shape index (κ3) is 2.27. The van der Waals surface area contributed by atoms with Crippen molar-refractivity contribution in [2.24, 2.45) is 5.92 Å². The van der Waals surface area contributed by atoms with E-state index in [-0.39, 0.29) is 11.2 Å². The monoisotopic (exact) mass is 302 g/mol. The van der Waals surface area contributed by atoms with Gasteiger partial charge in [0.05, 0.1) is 11.9 Å². The van der Waals surface area contributed by atoms with Crippen LogP contribution < -0.4 is 5.32 Å². The number of fused-ring (bicyclic) bond motifs is 1. The van der Waals surface area contributed by atoms with Crippen molar-refractivity contribution < 1.29 is 4.39 Å². The van der Waals surface area contributed by atoms with Crippen molar-refractivity contribution in [3.05, 3.63) is 23.8 Å². The Kier molecular flexibility index (Phi) is 3.13. The predicted octanol–water partition coefficient (Wildman–Crippen LogP) is 3.91. The first-order chi connectivity index (χ1) is 10.6. The van der Waals surface area contributed by atoms with E-state index in [2.05, 4.69) is 35.3 Å². The maximum atomic E-state index is 14.1. The lowest BCUT2D eigenvalue weighted by molar-refractivity contribution is 0.440. The van der Waals surface area contributed by atoms with Gasteiger partial charge < -0.3 is 5.32 Å². The summed E-state index contributed by atoms with van der Waals surface area (Å²) in [6.07, 6.45) is 8.62. The zero-order valence-electron chi connectivity index (χ0n) is 13.3. The maximum absolute atomic E-state index is 14.1. The summed E-state index contributed by atoms with van der Waals surface area (Å²) >= 11 is 0. The van der Waals surface area contributed by atoms with Gasteiger partial charge in [-0.15, -0.1) is 0 Å². The molecule has 0 amide bonds. The fourth-order valence-corrected chi connectivity index (χ4v) is 3.66. The van der Waals surface area contributed by atoms with Gasteiger partial charge >= 0.3 is 0 Å². The summed E-state index contributed by atoms with van der Waals surface area (Å²) in [5, 5.41) is 7.72. The zero-order valence-corrected chi connectivity index (χ0v) is 13.3. The maximum Gasteiger partial charge on any atom is 0.193 e. The fourth-order valence-electron chi connectivity index (χ4n) is 3.66. The minimum atomic E-state index is -0.345. The molecule has 5 heteroatoms. The van der Waals surface area contributed by atoms with Crippen LogP contribution in [0.4, 0.5) is 10.2 Å². The largest absolute Gasteiger partial charge is 0.367 e. The van der Waals surface area contributed by atoms with Crippen molar-refractivity contribution in [3.8, 4) is 0 Å². The standard InChI is InChI=1S/C17H23FN4/c1-17(2,11-7-8-11)14-9-15(20-12-5-3-4-6-12)22-16(21-14)13(18)10-19-22/h9-12,20H,3-8H2,1-2H3. The van der Waals surface area contributed by atoms with Gasteiger partial charge in [0.15, 0.2) is 11.5 Å². The number of nitrogens with one attached hydrogen (secondary N) is 1. The molecule has 118 valence electrons. The van der Waals surface area contributed by atoms with E-state index >= 15 is 0 Å². The van der Waals surface area contributed by atoms with Gasteiger partial charge in [-0.2, -0.15) is 9.61 Å². The third-order valence-corrected chi connectivity index (χ3v) is 5.39. The van der Waals surface area contributed by atoms with Crippen LogP contribution in [0.3, 0.4) is 0 Å². The van der Waals surface area contributed by atoms with Gasteiger partial charge in [-0.05, 0) is 31.6 Å². The molecule has 0 bridgehead atoms. The van der Waals surface area contributed by atoms with E-state index in [1.807, 2.05) is 0 Å². The fraction of sp³-hybridized carbons (Fsp3) is 0.647. The summed E-state index contributed by atoms with van der Waals surface area (Å²) in [5.74, 6) is 1.19. The summed E-state index contributed by atoms with van der Waals surface area (Å²) in [6, 6.07) is 2.55. The van der Waals surface area contributed by atoms with E-state index in [0.29, 0.717) is 17.6 Å². The number of anilines is 1. The third-order valence-electron chi connectivity index (χ3n) is 5.39. The lowest BCUT2D eigenvalue weighted by Crippen LogP contribution is -2.24. The van der Waals surface area contributed by atoms with Crippen molar-refractivity contribution in [1.29, 1.82) is 0 Å². The molecule has 2 aliphatic carbocycles. The van der Waals surface area contributed by atoms with E-state index in [4.69, 9.17) is 0 Å². The van der Waals surface area contributed by atoms with Crippen molar-refractivity contribution in [2.45, 2.75) is 63.8 Å². The zero-order chi connectivity index (χ0) is 15.3. The van der Waals surface area contributed by atoms with Crippen LogP contribution in [0.1, 0.15) is 58.1 Å². The molecule has 2 heterocycles. The quantitative estimate of drug-likeness (QED) is 0.931. The molecule has 2 aromatic heterocycles. The van der Waals surface area contributed by atoms with Crippen molar-refractivity contribution in [3.63, 3.8) is 0 Å². The molecule has 0 radical (unpaired) electrons. The average molecular weight is 302 g/mol. The Morgan fingerprint density at radius 3 is 2.64 bits per heavy atom. The van der Waals surface area contributed by atoms with Crippen molar-refractivity contribution in [2.75, 3.05) is 5.32 Å². The molecule has 4 rings (SSSR count). The van der Waals surface area contributed by atoms with Crippen LogP contribution in [0.2, 0.25) is 0 Å². The molecule has 4 nitrogen and oxygen atoms in total. The van der Waals surface area contributed by atoms with Gasteiger partial charge in [0, 0.05) is 17.5 Å². The van der Waals surface area contributed by atoms with Crippen LogP contribution in [0.15, 0.2) is 12.3 Å². The second-order valence-electron chi connectivity index (χ2n) is 7.38. The molecule has 2 fully saturated rings. The van der Waals surface area contributed by atoms with Crippen LogP contribution in [0.5, 0.6) is 0 Å². The molecular weight excluding hydrogens is 279 g/mol. The minimum absolute atomic E-state index is 0.00936. The average Bonchev–Trinajstić information content (AvgIpc) is 3.13. The van der Waals surface area contributed by atoms with E-state index in [1.165, 1.54) is 44.7 Å². The summed E-state index contributed by atoms with van der Waals surface area (Å²) in [4.78, 5) is 4.59. The van der Waals surface area contributed by atoms with Crippen LogP contribution in [0, 0.1) is 11.7 Å². The lowest BCUT2D eigenvalue weighted by atomic mass is 9.83. The highest BCUT2D eigenvalue weighted by molar-refractivity contribution is 5.52. The van der Waals surface area contributed by atoms with Gasteiger partial charge in [-0.1, -0.05) is 26.7 Å².